The molecular weight excluding hydrogens is 254 g/mol. The number of aromatic nitrogens is 1. The summed E-state index contributed by atoms with van der Waals surface area (Å²) in [5, 5.41) is 10.7. The third-order valence-corrected chi connectivity index (χ3v) is 3.86. The van der Waals surface area contributed by atoms with Crippen molar-refractivity contribution in [2.75, 3.05) is 14.2 Å². The van der Waals surface area contributed by atoms with Gasteiger partial charge in [-0.15, -0.1) is 0 Å². The zero-order valence-electron chi connectivity index (χ0n) is 12.6. The molecule has 0 aliphatic heterocycles. The lowest BCUT2D eigenvalue weighted by Crippen LogP contribution is -2.05. The van der Waals surface area contributed by atoms with Gasteiger partial charge in [-0.05, 0) is 50.1 Å². The van der Waals surface area contributed by atoms with E-state index in [4.69, 9.17) is 9.47 Å². The van der Waals surface area contributed by atoms with E-state index in [1.54, 1.807) is 26.4 Å². The molecule has 108 valence electrons. The smallest absolute Gasteiger partial charge is 0.125 e. The highest BCUT2D eigenvalue weighted by Crippen LogP contribution is 2.34. The number of H-pyrrole nitrogens is 1. The van der Waals surface area contributed by atoms with Crippen LogP contribution in [0.15, 0.2) is 18.2 Å². The summed E-state index contributed by atoms with van der Waals surface area (Å²) in [6.45, 7) is 6.05. The number of hydrogen-bond acceptors (Lipinski definition) is 3. The average molecular weight is 275 g/mol. The van der Waals surface area contributed by atoms with Crippen LogP contribution >= 0.6 is 0 Å². The summed E-state index contributed by atoms with van der Waals surface area (Å²) in [5.41, 5.74) is 4.79. The van der Waals surface area contributed by atoms with Crippen LogP contribution in [0, 0.1) is 20.8 Å². The summed E-state index contributed by atoms with van der Waals surface area (Å²) in [7, 11) is 3.20. The number of aryl methyl sites for hydroxylation is 1. The second kappa shape index (κ2) is 5.59. The Hall–Kier alpha value is -1.94. The van der Waals surface area contributed by atoms with E-state index in [0.29, 0.717) is 17.1 Å². The minimum atomic E-state index is -0.771. The molecule has 0 amide bonds. The predicted octanol–water partition coefficient (Wildman–Crippen LogP) is 3.04. The van der Waals surface area contributed by atoms with Crippen molar-refractivity contribution in [2.45, 2.75) is 26.9 Å². The highest BCUT2D eigenvalue weighted by molar-refractivity contribution is 5.47. The SMILES string of the molecule is COc1ccc(OC)c(C(O)c2[nH]c(C)c(C)c2C)c1. The Morgan fingerprint density at radius 1 is 1.05 bits per heavy atom. The van der Waals surface area contributed by atoms with Gasteiger partial charge in [0.15, 0.2) is 0 Å². The Morgan fingerprint density at radius 3 is 2.25 bits per heavy atom. The van der Waals surface area contributed by atoms with Gasteiger partial charge < -0.3 is 19.6 Å². The van der Waals surface area contributed by atoms with Gasteiger partial charge in [0.25, 0.3) is 0 Å². The molecule has 1 aromatic carbocycles. The van der Waals surface area contributed by atoms with Gasteiger partial charge in [-0.2, -0.15) is 0 Å². The number of rotatable bonds is 4. The Kier molecular flexibility index (Phi) is 4.04. The predicted molar refractivity (Wildman–Crippen MR) is 78.6 cm³/mol. The van der Waals surface area contributed by atoms with Crippen LogP contribution < -0.4 is 9.47 Å². The molecule has 0 saturated heterocycles. The number of nitrogens with one attached hydrogen (secondary N) is 1. The van der Waals surface area contributed by atoms with Gasteiger partial charge in [-0.3, -0.25) is 0 Å². The first-order valence-corrected chi connectivity index (χ1v) is 6.55. The van der Waals surface area contributed by atoms with Gasteiger partial charge >= 0.3 is 0 Å². The molecule has 2 aromatic rings. The fraction of sp³-hybridized carbons (Fsp3) is 0.375. The fourth-order valence-electron chi connectivity index (χ4n) is 2.35. The molecule has 4 nitrogen and oxygen atoms in total. The largest absolute Gasteiger partial charge is 0.497 e. The minimum Gasteiger partial charge on any atom is -0.497 e. The van der Waals surface area contributed by atoms with Crippen molar-refractivity contribution in [2.24, 2.45) is 0 Å². The van der Waals surface area contributed by atoms with E-state index >= 15 is 0 Å². The molecule has 0 bridgehead atoms. The Morgan fingerprint density at radius 2 is 1.75 bits per heavy atom. The van der Waals surface area contributed by atoms with E-state index in [9.17, 15) is 5.11 Å². The number of methoxy groups -OCH3 is 2. The van der Waals surface area contributed by atoms with E-state index in [2.05, 4.69) is 4.98 Å². The van der Waals surface area contributed by atoms with Crippen LogP contribution in [0.2, 0.25) is 0 Å². The molecule has 0 fully saturated rings. The van der Waals surface area contributed by atoms with Crippen molar-refractivity contribution >= 4 is 0 Å². The maximum atomic E-state index is 10.7. The van der Waals surface area contributed by atoms with E-state index in [-0.39, 0.29) is 0 Å². The minimum absolute atomic E-state index is 0.641. The molecule has 0 aliphatic rings. The van der Waals surface area contributed by atoms with Crippen molar-refractivity contribution < 1.29 is 14.6 Å². The monoisotopic (exact) mass is 275 g/mol. The molecule has 1 aromatic heterocycles. The van der Waals surface area contributed by atoms with Gasteiger partial charge in [-0.25, -0.2) is 0 Å². The maximum Gasteiger partial charge on any atom is 0.125 e. The topological polar surface area (TPSA) is 54.5 Å². The second-order valence-corrected chi connectivity index (χ2v) is 4.92. The first-order valence-electron chi connectivity index (χ1n) is 6.55. The molecule has 0 saturated carbocycles. The van der Waals surface area contributed by atoms with Crippen LogP contribution in [0.3, 0.4) is 0 Å². The highest BCUT2D eigenvalue weighted by Gasteiger charge is 2.21. The van der Waals surface area contributed by atoms with Crippen molar-refractivity contribution in [3.05, 3.63) is 46.3 Å². The van der Waals surface area contributed by atoms with Gasteiger partial charge in [-0.1, -0.05) is 0 Å². The number of aromatic amines is 1. The second-order valence-electron chi connectivity index (χ2n) is 4.92. The average Bonchev–Trinajstić information content (AvgIpc) is 2.73. The van der Waals surface area contributed by atoms with Gasteiger partial charge in [0.05, 0.1) is 19.9 Å². The molecule has 1 heterocycles. The number of aliphatic hydroxyl groups excluding tert-OH is 1. The first-order chi connectivity index (χ1) is 9.49. The normalized spacial score (nSPS) is 12.3. The Balaban J connectivity index is 2.51. The Labute approximate surface area is 119 Å². The molecular formula is C16H21NO3. The fourth-order valence-corrected chi connectivity index (χ4v) is 2.35. The zero-order valence-corrected chi connectivity index (χ0v) is 12.6. The number of ether oxygens (including phenoxy) is 2. The third kappa shape index (κ3) is 2.39. The standard InChI is InChI=1S/C16H21NO3/c1-9-10(2)15(17-11(9)3)16(18)13-8-12(19-4)6-7-14(13)20-5/h6-8,16-18H,1-5H3. The lowest BCUT2D eigenvalue weighted by molar-refractivity contribution is 0.209. The van der Waals surface area contributed by atoms with Crippen LogP contribution in [0.5, 0.6) is 11.5 Å². The summed E-state index contributed by atoms with van der Waals surface area (Å²) >= 11 is 0. The molecule has 1 unspecified atom stereocenters. The van der Waals surface area contributed by atoms with Crippen molar-refractivity contribution in [3.63, 3.8) is 0 Å². The molecule has 20 heavy (non-hydrogen) atoms. The zero-order chi connectivity index (χ0) is 14.9. The van der Waals surface area contributed by atoms with Crippen LogP contribution in [-0.4, -0.2) is 24.3 Å². The molecule has 0 aliphatic carbocycles. The lowest BCUT2D eigenvalue weighted by atomic mass is 10.0. The summed E-state index contributed by atoms with van der Waals surface area (Å²) in [6, 6.07) is 5.41. The molecule has 2 N–H and O–H groups in total. The molecule has 0 radical (unpaired) electrons. The molecule has 0 spiro atoms. The van der Waals surface area contributed by atoms with Crippen molar-refractivity contribution in [1.82, 2.24) is 4.98 Å². The van der Waals surface area contributed by atoms with Crippen LogP contribution in [0.1, 0.15) is 34.2 Å². The number of benzene rings is 1. The van der Waals surface area contributed by atoms with Crippen LogP contribution in [0.25, 0.3) is 0 Å². The van der Waals surface area contributed by atoms with Crippen molar-refractivity contribution in [3.8, 4) is 11.5 Å². The van der Waals surface area contributed by atoms with Crippen LogP contribution in [-0.2, 0) is 0 Å². The molecule has 1 atom stereocenters. The van der Waals surface area contributed by atoms with Crippen molar-refractivity contribution in [1.29, 1.82) is 0 Å². The molecule has 2 rings (SSSR count). The van der Waals surface area contributed by atoms with Gasteiger partial charge in [0.1, 0.15) is 17.6 Å². The highest BCUT2D eigenvalue weighted by atomic mass is 16.5. The van der Waals surface area contributed by atoms with E-state index < -0.39 is 6.10 Å². The number of hydrogen-bond donors (Lipinski definition) is 2. The van der Waals surface area contributed by atoms with E-state index in [1.807, 2.05) is 26.8 Å². The van der Waals surface area contributed by atoms with Gasteiger partial charge in [0, 0.05) is 11.3 Å². The summed E-state index contributed by atoms with van der Waals surface area (Å²) in [5.74, 6) is 1.33. The quantitative estimate of drug-likeness (QED) is 0.901. The van der Waals surface area contributed by atoms with Crippen LogP contribution in [0.4, 0.5) is 0 Å². The summed E-state index contributed by atoms with van der Waals surface area (Å²) in [6.07, 6.45) is -0.771. The van der Waals surface area contributed by atoms with Gasteiger partial charge in [0.2, 0.25) is 0 Å². The summed E-state index contributed by atoms with van der Waals surface area (Å²) in [4.78, 5) is 3.25. The van der Waals surface area contributed by atoms with E-state index in [1.165, 1.54) is 5.56 Å². The number of aliphatic hydroxyl groups is 1. The molecule has 4 heteroatoms. The maximum absolute atomic E-state index is 10.7. The third-order valence-electron chi connectivity index (χ3n) is 3.86. The Bertz CT molecular complexity index is 616. The lowest BCUT2D eigenvalue weighted by Gasteiger charge is -2.16. The van der Waals surface area contributed by atoms with E-state index in [0.717, 1.165) is 17.0 Å². The summed E-state index contributed by atoms with van der Waals surface area (Å²) < 4.78 is 10.6. The first kappa shape index (κ1) is 14.5.